The minimum absolute atomic E-state index is 0.308. The van der Waals surface area contributed by atoms with E-state index < -0.39 is 0 Å². The van der Waals surface area contributed by atoms with Gasteiger partial charge in [0.1, 0.15) is 0 Å². The van der Waals surface area contributed by atoms with Gasteiger partial charge in [-0.1, -0.05) is 6.07 Å². The van der Waals surface area contributed by atoms with Crippen LogP contribution in [0.5, 0.6) is 11.5 Å². The van der Waals surface area contributed by atoms with Crippen molar-refractivity contribution in [2.24, 2.45) is 0 Å². The van der Waals surface area contributed by atoms with Gasteiger partial charge in [-0.15, -0.1) is 11.3 Å². The summed E-state index contributed by atoms with van der Waals surface area (Å²) in [5.74, 6) is 1.61. The number of nitrogens with two attached hydrogens (primary N) is 1. The Morgan fingerprint density at radius 2 is 2.19 bits per heavy atom. The lowest BCUT2D eigenvalue weighted by Gasteiger charge is -2.00. The molecule has 2 heterocycles. The van der Waals surface area contributed by atoms with Crippen LogP contribution in [0.1, 0.15) is 11.3 Å². The molecule has 0 bridgehead atoms. The predicted octanol–water partition coefficient (Wildman–Crippen LogP) is 2.04. The monoisotopic (exact) mass is 234 g/mol. The van der Waals surface area contributed by atoms with Crippen molar-refractivity contribution in [1.82, 2.24) is 4.98 Å². The number of hydrogen-bond acceptors (Lipinski definition) is 5. The van der Waals surface area contributed by atoms with Gasteiger partial charge in [0, 0.05) is 11.8 Å². The maximum absolute atomic E-state index is 5.59. The maximum atomic E-state index is 5.59. The van der Waals surface area contributed by atoms with Crippen LogP contribution < -0.4 is 15.2 Å². The summed E-state index contributed by atoms with van der Waals surface area (Å²) in [6.45, 7) is 0.308. The van der Waals surface area contributed by atoms with Crippen molar-refractivity contribution in [3.8, 4) is 11.5 Å². The quantitative estimate of drug-likeness (QED) is 0.864. The molecule has 16 heavy (non-hydrogen) atoms. The number of fused-ring (bicyclic) bond motifs is 1. The molecule has 0 aliphatic carbocycles. The van der Waals surface area contributed by atoms with Crippen molar-refractivity contribution >= 4 is 16.5 Å². The number of rotatable bonds is 2. The van der Waals surface area contributed by atoms with E-state index in [0.717, 1.165) is 29.2 Å². The Hall–Kier alpha value is -1.75. The van der Waals surface area contributed by atoms with Gasteiger partial charge in [-0.2, -0.15) is 0 Å². The molecule has 0 spiro atoms. The molecular weight excluding hydrogens is 224 g/mol. The summed E-state index contributed by atoms with van der Waals surface area (Å²) in [7, 11) is 0. The lowest BCUT2D eigenvalue weighted by Crippen LogP contribution is -1.93. The standard InChI is InChI=1S/C11H10N2O2S/c12-11-13-8(5-16-11)3-7-1-2-9-10(4-7)15-6-14-9/h1-2,4-5H,3,6H2,(H2,12,13). The number of anilines is 1. The van der Waals surface area contributed by atoms with E-state index in [2.05, 4.69) is 4.98 Å². The second kappa shape index (κ2) is 3.68. The molecule has 2 N–H and O–H groups in total. The molecule has 5 heteroatoms. The number of ether oxygens (including phenoxy) is 2. The van der Waals surface area contributed by atoms with Gasteiger partial charge in [0.05, 0.1) is 5.69 Å². The number of thiazole rings is 1. The van der Waals surface area contributed by atoms with E-state index in [9.17, 15) is 0 Å². The molecular formula is C11H10N2O2S. The third-order valence-corrected chi connectivity index (χ3v) is 3.11. The third-order valence-electron chi connectivity index (χ3n) is 2.39. The Bertz CT molecular complexity index is 524. The van der Waals surface area contributed by atoms with E-state index in [0.29, 0.717) is 11.9 Å². The fourth-order valence-corrected chi connectivity index (χ4v) is 2.23. The van der Waals surface area contributed by atoms with Gasteiger partial charge in [-0.05, 0) is 17.7 Å². The molecule has 0 unspecified atom stereocenters. The minimum atomic E-state index is 0.308. The van der Waals surface area contributed by atoms with E-state index in [1.54, 1.807) is 0 Å². The molecule has 0 atom stereocenters. The van der Waals surface area contributed by atoms with Crippen LogP contribution in [0.25, 0.3) is 0 Å². The van der Waals surface area contributed by atoms with Crippen LogP contribution in [-0.2, 0) is 6.42 Å². The van der Waals surface area contributed by atoms with Crippen molar-refractivity contribution in [2.75, 3.05) is 12.5 Å². The summed E-state index contributed by atoms with van der Waals surface area (Å²) in [5.41, 5.74) is 7.72. The molecule has 0 radical (unpaired) electrons. The first kappa shape index (κ1) is 9.47. The first-order valence-electron chi connectivity index (χ1n) is 4.90. The van der Waals surface area contributed by atoms with E-state index in [-0.39, 0.29) is 0 Å². The van der Waals surface area contributed by atoms with Crippen LogP contribution in [0, 0.1) is 0 Å². The van der Waals surface area contributed by atoms with E-state index in [1.165, 1.54) is 11.3 Å². The third kappa shape index (κ3) is 1.69. The van der Waals surface area contributed by atoms with Gasteiger partial charge < -0.3 is 15.2 Å². The van der Waals surface area contributed by atoms with E-state index >= 15 is 0 Å². The van der Waals surface area contributed by atoms with Crippen LogP contribution in [-0.4, -0.2) is 11.8 Å². The number of nitrogen functional groups attached to an aromatic ring is 1. The van der Waals surface area contributed by atoms with Crippen LogP contribution in [0.2, 0.25) is 0 Å². The zero-order valence-corrected chi connectivity index (χ0v) is 9.29. The SMILES string of the molecule is Nc1nc(Cc2ccc3c(c2)OCO3)cs1. The second-order valence-electron chi connectivity index (χ2n) is 3.54. The topological polar surface area (TPSA) is 57.4 Å². The first-order valence-corrected chi connectivity index (χ1v) is 5.77. The van der Waals surface area contributed by atoms with E-state index in [4.69, 9.17) is 15.2 Å². The number of benzene rings is 1. The maximum Gasteiger partial charge on any atom is 0.231 e. The molecule has 2 aromatic rings. The van der Waals surface area contributed by atoms with Crippen LogP contribution in [0.15, 0.2) is 23.6 Å². The van der Waals surface area contributed by atoms with Crippen molar-refractivity contribution < 1.29 is 9.47 Å². The molecule has 3 rings (SSSR count). The fourth-order valence-electron chi connectivity index (χ4n) is 1.66. The molecule has 82 valence electrons. The smallest absolute Gasteiger partial charge is 0.231 e. The van der Waals surface area contributed by atoms with Gasteiger partial charge in [0.2, 0.25) is 6.79 Å². The zero-order chi connectivity index (χ0) is 11.0. The highest BCUT2D eigenvalue weighted by Crippen LogP contribution is 2.33. The molecule has 4 nitrogen and oxygen atoms in total. The van der Waals surface area contributed by atoms with Crippen molar-refractivity contribution in [1.29, 1.82) is 0 Å². The first-order chi connectivity index (χ1) is 7.81. The molecule has 1 aliphatic rings. The van der Waals surface area contributed by atoms with Crippen LogP contribution in [0.3, 0.4) is 0 Å². The summed E-state index contributed by atoms with van der Waals surface area (Å²) < 4.78 is 10.6. The van der Waals surface area contributed by atoms with Crippen LogP contribution >= 0.6 is 11.3 Å². The lowest BCUT2D eigenvalue weighted by atomic mass is 10.1. The molecule has 1 aliphatic heterocycles. The normalized spacial score (nSPS) is 13.0. The van der Waals surface area contributed by atoms with Gasteiger partial charge in [0.15, 0.2) is 16.6 Å². The molecule has 1 aromatic heterocycles. The Morgan fingerprint density at radius 1 is 1.31 bits per heavy atom. The Balaban J connectivity index is 1.85. The van der Waals surface area contributed by atoms with Gasteiger partial charge in [0.25, 0.3) is 0 Å². The zero-order valence-electron chi connectivity index (χ0n) is 8.47. The van der Waals surface area contributed by atoms with Crippen molar-refractivity contribution in [2.45, 2.75) is 6.42 Å². The molecule has 1 aromatic carbocycles. The summed E-state index contributed by atoms with van der Waals surface area (Å²) in [5, 5.41) is 2.58. The molecule has 0 fully saturated rings. The van der Waals surface area contributed by atoms with Gasteiger partial charge in [-0.3, -0.25) is 0 Å². The fraction of sp³-hybridized carbons (Fsp3) is 0.182. The number of nitrogens with zero attached hydrogens (tertiary/aromatic N) is 1. The average molecular weight is 234 g/mol. The minimum Gasteiger partial charge on any atom is -0.454 e. The number of aromatic nitrogens is 1. The number of hydrogen-bond donors (Lipinski definition) is 1. The summed E-state index contributed by atoms with van der Waals surface area (Å²) in [4.78, 5) is 4.22. The molecule has 0 amide bonds. The Morgan fingerprint density at radius 3 is 3.00 bits per heavy atom. The molecule has 0 saturated heterocycles. The average Bonchev–Trinajstić information content (AvgIpc) is 2.87. The summed E-state index contributed by atoms with van der Waals surface area (Å²) in [6.07, 6.45) is 0.768. The predicted molar refractivity (Wildman–Crippen MR) is 61.9 cm³/mol. The second-order valence-corrected chi connectivity index (χ2v) is 4.43. The van der Waals surface area contributed by atoms with Gasteiger partial charge >= 0.3 is 0 Å². The summed E-state index contributed by atoms with van der Waals surface area (Å²) >= 11 is 1.46. The Labute approximate surface area is 96.6 Å². The van der Waals surface area contributed by atoms with Gasteiger partial charge in [-0.25, -0.2) is 4.98 Å². The van der Waals surface area contributed by atoms with Crippen molar-refractivity contribution in [3.63, 3.8) is 0 Å². The highest BCUT2D eigenvalue weighted by Gasteiger charge is 2.13. The van der Waals surface area contributed by atoms with E-state index in [1.807, 2.05) is 23.6 Å². The highest BCUT2D eigenvalue weighted by molar-refractivity contribution is 7.13. The van der Waals surface area contributed by atoms with Crippen molar-refractivity contribution in [3.05, 3.63) is 34.8 Å². The largest absolute Gasteiger partial charge is 0.454 e. The highest BCUT2D eigenvalue weighted by atomic mass is 32.1. The lowest BCUT2D eigenvalue weighted by molar-refractivity contribution is 0.174. The Kier molecular flexibility index (Phi) is 2.18. The molecule has 0 saturated carbocycles. The summed E-state index contributed by atoms with van der Waals surface area (Å²) in [6, 6.07) is 5.92. The van der Waals surface area contributed by atoms with Crippen LogP contribution in [0.4, 0.5) is 5.13 Å².